The van der Waals surface area contributed by atoms with Crippen LogP contribution in [0.15, 0.2) is 24.3 Å². The number of rotatable bonds is 5. The van der Waals surface area contributed by atoms with Crippen LogP contribution < -0.4 is 5.32 Å². The van der Waals surface area contributed by atoms with Crippen LogP contribution in [-0.4, -0.2) is 6.54 Å². The van der Waals surface area contributed by atoms with Crippen molar-refractivity contribution in [3.05, 3.63) is 56.5 Å². The van der Waals surface area contributed by atoms with Gasteiger partial charge in [-0.2, -0.15) is 0 Å². The molecule has 0 spiro atoms. The number of hydrogen-bond donors (Lipinski definition) is 1. The molecule has 0 aliphatic heterocycles. The van der Waals surface area contributed by atoms with Gasteiger partial charge in [-0.15, -0.1) is 11.3 Å². The van der Waals surface area contributed by atoms with Crippen molar-refractivity contribution >= 4 is 11.3 Å². The summed E-state index contributed by atoms with van der Waals surface area (Å²) in [7, 11) is 0. The smallest absolute Gasteiger partial charge is 0.123 e. The van der Waals surface area contributed by atoms with E-state index < -0.39 is 0 Å². The van der Waals surface area contributed by atoms with Crippen LogP contribution in [0.5, 0.6) is 0 Å². The Kier molecular flexibility index (Phi) is 4.95. The van der Waals surface area contributed by atoms with Gasteiger partial charge in [0.15, 0.2) is 0 Å². The molecule has 0 saturated heterocycles. The molecule has 1 atom stereocenters. The summed E-state index contributed by atoms with van der Waals surface area (Å²) >= 11 is 1.84. The molecular formula is C17H22FNS. The molecule has 1 aromatic carbocycles. The Morgan fingerprint density at radius 1 is 1.15 bits per heavy atom. The first-order valence-electron chi connectivity index (χ1n) is 7.15. The van der Waals surface area contributed by atoms with Crippen LogP contribution in [0.25, 0.3) is 0 Å². The van der Waals surface area contributed by atoms with Gasteiger partial charge in [0.05, 0.1) is 6.04 Å². The first-order chi connectivity index (χ1) is 9.56. The number of aryl methyl sites for hydroxylation is 3. The molecule has 20 heavy (non-hydrogen) atoms. The molecule has 0 aliphatic carbocycles. The maximum absolute atomic E-state index is 13.5. The van der Waals surface area contributed by atoms with Gasteiger partial charge in [-0.1, -0.05) is 13.8 Å². The molecular weight excluding hydrogens is 269 g/mol. The van der Waals surface area contributed by atoms with Crippen molar-refractivity contribution in [1.82, 2.24) is 5.32 Å². The summed E-state index contributed by atoms with van der Waals surface area (Å²) in [5, 5.41) is 3.54. The van der Waals surface area contributed by atoms with Gasteiger partial charge in [-0.3, -0.25) is 0 Å². The molecule has 2 rings (SSSR count). The molecule has 1 unspecified atom stereocenters. The van der Waals surface area contributed by atoms with Crippen LogP contribution in [-0.2, 0) is 6.42 Å². The van der Waals surface area contributed by atoms with Crippen LogP contribution in [0.4, 0.5) is 4.39 Å². The highest BCUT2D eigenvalue weighted by Crippen LogP contribution is 2.32. The SMILES string of the molecule is CCNC(c1ccc(CC)s1)c1c(C)cc(F)cc1C. The molecule has 1 aromatic heterocycles. The minimum atomic E-state index is -0.153. The highest BCUT2D eigenvalue weighted by molar-refractivity contribution is 7.12. The van der Waals surface area contributed by atoms with Gasteiger partial charge in [-0.25, -0.2) is 4.39 Å². The van der Waals surface area contributed by atoms with Crippen molar-refractivity contribution in [2.75, 3.05) is 6.54 Å². The minimum Gasteiger partial charge on any atom is -0.306 e. The Labute approximate surface area is 124 Å². The second kappa shape index (κ2) is 6.51. The van der Waals surface area contributed by atoms with E-state index in [1.54, 1.807) is 12.1 Å². The van der Waals surface area contributed by atoms with Gasteiger partial charge in [-0.05, 0) is 67.8 Å². The first-order valence-corrected chi connectivity index (χ1v) is 7.97. The summed E-state index contributed by atoms with van der Waals surface area (Å²) in [6, 6.07) is 7.80. The van der Waals surface area contributed by atoms with E-state index in [0.29, 0.717) is 0 Å². The highest BCUT2D eigenvalue weighted by Gasteiger charge is 2.19. The van der Waals surface area contributed by atoms with E-state index in [2.05, 4.69) is 31.3 Å². The third-order valence-electron chi connectivity index (χ3n) is 3.57. The fraction of sp³-hybridized carbons (Fsp3) is 0.412. The molecule has 0 fully saturated rings. The lowest BCUT2D eigenvalue weighted by Gasteiger charge is -2.21. The molecule has 108 valence electrons. The Morgan fingerprint density at radius 3 is 2.30 bits per heavy atom. The lowest BCUT2D eigenvalue weighted by Crippen LogP contribution is -2.23. The maximum Gasteiger partial charge on any atom is 0.123 e. The molecule has 0 saturated carbocycles. The largest absolute Gasteiger partial charge is 0.306 e. The van der Waals surface area contributed by atoms with Crippen LogP contribution in [0.2, 0.25) is 0 Å². The quantitative estimate of drug-likeness (QED) is 0.837. The zero-order valence-electron chi connectivity index (χ0n) is 12.6. The summed E-state index contributed by atoms with van der Waals surface area (Å²) in [6.07, 6.45) is 1.06. The molecule has 2 aromatic rings. The van der Waals surface area contributed by atoms with Gasteiger partial charge < -0.3 is 5.32 Å². The fourth-order valence-electron chi connectivity index (χ4n) is 2.67. The van der Waals surface area contributed by atoms with Crippen molar-refractivity contribution in [2.24, 2.45) is 0 Å². The fourth-order valence-corrected chi connectivity index (χ4v) is 3.70. The predicted molar refractivity (Wildman–Crippen MR) is 85.1 cm³/mol. The summed E-state index contributed by atoms with van der Waals surface area (Å²) in [5.74, 6) is -0.153. The predicted octanol–water partition coefficient (Wildman–Crippen LogP) is 4.77. The summed E-state index contributed by atoms with van der Waals surface area (Å²) in [5.41, 5.74) is 3.23. The van der Waals surface area contributed by atoms with E-state index >= 15 is 0 Å². The standard InChI is InChI=1S/C17H22FNS/c1-5-14-7-8-15(20-14)17(19-6-2)16-11(3)9-13(18)10-12(16)4/h7-10,17,19H,5-6H2,1-4H3. The second-order valence-corrected chi connectivity index (χ2v) is 6.30. The molecule has 3 heteroatoms. The normalized spacial score (nSPS) is 12.7. The lowest BCUT2D eigenvalue weighted by molar-refractivity contribution is 0.610. The van der Waals surface area contributed by atoms with E-state index in [4.69, 9.17) is 0 Å². The van der Waals surface area contributed by atoms with E-state index in [-0.39, 0.29) is 11.9 Å². The van der Waals surface area contributed by atoms with Gasteiger partial charge in [0.1, 0.15) is 5.82 Å². The van der Waals surface area contributed by atoms with Crippen LogP contribution >= 0.6 is 11.3 Å². The first kappa shape index (κ1) is 15.2. The summed E-state index contributed by atoms with van der Waals surface area (Å²) in [4.78, 5) is 2.70. The van der Waals surface area contributed by atoms with E-state index in [1.807, 2.05) is 25.2 Å². The number of nitrogens with one attached hydrogen (secondary N) is 1. The topological polar surface area (TPSA) is 12.0 Å². The molecule has 0 aliphatic rings. The van der Waals surface area contributed by atoms with Gasteiger partial charge >= 0.3 is 0 Å². The van der Waals surface area contributed by atoms with E-state index in [0.717, 1.165) is 24.1 Å². The van der Waals surface area contributed by atoms with Crippen molar-refractivity contribution in [2.45, 2.75) is 40.2 Å². The zero-order chi connectivity index (χ0) is 14.7. The Balaban J connectivity index is 2.48. The van der Waals surface area contributed by atoms with Crippen LogP contribution in [0.1, 0.15) is 46.3 Å². The van der Waals surface area contributed by atoms with Crippen molar-refractivity contribution in [3.8, 4) is 0 Å². The maximum atomic E-state index is 13.5. The Hall–Kier alpha value is -1.19. The molecule has 0 bridgehead atoms. The second-order valence-electron chi connectivity index (χ2n) is 5.10. The van der Waals surface area contributed by atoms with Crippen molar-refractivity contribution < 1.29 is 4.39 Å². The Bertz CT molecular complexity index is 565. The monoisotopic (exact) mass is 291 g/mol. The van der Waals surface area contributed by atoms with E-state index in [1.165, 1.54) is 15.3 Å². The third-order valence-corrected chi connectivity index (χ3v) is 4.87. The van der Waals surface area contributed by atoms with Crippen LogP contribution in [0, 0.1) is 19.7 Å². The Morgan fingerprint density at radius 2 is 1.80 bits per heavy atom. The lowest BCUT2D eigenvalue weighted by atomic mass is 9.95. The van der Waals surface area contributed by atoms with Crippen molar-refractivity contribution in [1.29, 1.82) is 0 Å². The number of hydrogen-bond acceptors (Lipinski definition) is 2. The molecule has 1 N–H and O–H groups in total. The minimum absolute atomic E-state index is 0.153. The molecule has 1 heterocycles. The number of halogens is 1. The van der Waals surface area contributed by atoms with Gasteiger partial charge in [0.25, 0.3) is 0 Å². The van der Waals surface area contributed by atoms with Crippen LogP contribution in [0.3, 0.4) is 0 Å². The molecule has 0 amide bonds. The highest BCUT2D eigenvalue weighted by atomic mass is 32.1. The van der Waals surface area contributed by atoms with Crippen molar-refractivity contribution in [3.63, 3.8) is 0 Å². The molecule has 1 nitrogen and oxygen atoms in total. The average Bonchev–Trinajstić information content (AvgIpc) is 2.85. The average molecular weight is 291 g/mol. The summed E-state index contributed by atoms with van der Waals surface area (Å²) in [6.45, 7) is 9.15. The molecule has 0 radical (unpaired) electrons. The van der Waals surface area contributed by atoms with Gasteiger partial charge in [0, 0.05) is 9.75 Å². The van der Waals surface area contributed by atoms with Gasteiger partial charge in [0.2, 0.25) is 0 Å². The third kappa shape index (κ3) is 3.10. The summed E-state index contributed by atoms with van der Waals surface area (Å²) < 4.78 is 13.5. The number of thiophene rings is 1. The zero-order valence-corrected chi connectivity index (χ0v) is 13.4. The number of benzene rings is 1. The van der Waals surface area contributed by atoms with E-state index in [9.17, 15) is 4.39 Å².